The van der Waals surface area contributed by atoms with Crippen LogP contribution in [0.3, 0.4) is 0 Å². The summed E-state index contributed by atoms with van der Waals surface area (Å²) in [6, 6.07) is 5.11. The largest absolute Gasteiger partial charge is 0.331 e. The van der Waals surface area contributed by atoms with Crippen LogP contribution in [0, 0.1) is 6.92 Å². The molecule has 1 heterocycles. The lowest BCUT2D eigenvalue weighted by Gasteiger charge is -2.07. The number of fused-ring (bicyclic) bond motifs is 1. The molecule has 2 aromatic rings. The van der Waals surface area contributed by atoms with E-state index in [-0.39, 0.29) is 0 Å². The maximum atomic E-state index is 12.0. The van der Waals surface area contributed by atoms with E-state index in [1.807, 2.05) is 24.6 Å². The summed E-state index contributed by atoms with van der Waals surface area (Å²) < 4.78 is 26.0. The standard InChI is InChI=1S/C12H16N2O2S/c1-8(2)17(15,16)10-5-6-12-11(7-10)13-9(3)14(12)4/h5-8H,1-4H3. The van der Waals surface area contributed by atoms with Crippen molar-refractivity contribution >= 4 is 20.9 Å². The lowest BCUT2D eigenvalue weighted by molar-refractivity contribution is 0.587. The zero-order valence-electron chi connectivity index (χ0n) is 10.4. The molecule has 0 aliphatic rings. The smallest absolute Gasteiger partial charge is 0.180 e. The van der Waals surface area contributed by atoms with Crippen LogP contribution in [0.15, 0.2) is 23.1 Å². The highest BCUT2D eigenvalue weighted by Crippen LogP contribution is 2.22. The first-order valence-corrected chi connectivity index (χ1v) is 7.05. The van der Waals surface area contributed by atoms with Crippen molar-refractivity contribution in [2.24, 2.45) is 7.05 Å². The van der Waals surface area contributed by atoms with Crippen molar-refractivity contribution < 1.29 is 8.42 Å². The van der Waals surface area contributed by atoms with Gasteiger partial charge in [0.05, 0.1) is 21.2 Å². The molecule has 0 unspecified atom stereocenters. The lowest BCUT2D eigenvalue weighted by Crippen LogP contribution is -2.13. The first-order chi connectivity index (χ1) is 7.84. The second-order valence-corrected chi connectivity index (χ2v) is 6.97. The Kier molecular flexibility index (Phi) is 2.73. The summed E-state index contributed by atoms with van der Waals surface area (Å²) in [6.45, 7) is 5.27. The van der Waals surface area contributed by atoms with Crippen LogP contribution >= 0.6 is 0 Å². The third kappa shape index (κ3) is 1.84. The van der Waals surface area contributed by atoms with Gasteiger partial charge < -0.3 is 4.57 Å². The summed E-state index contributed by atoms with van der Waals surface area (Å²) in [6.07, 6.45) is 0. The van der Waals surface area contributed by atoms with Gasteiger partial charge in [0.1, 0.15) is 5.82 Å². The van der Waals surface area contributed by atoms with E-state index in [9.17, 15) is 8.42 Å². The molecule has 0 atom stereocenters. The highest BCUT2D eigenvalue weighted by molar-refractivity contribution is 7.92. The Morgan fingerprint density at radius 2 is 1.94 bits per heavy atom. The van der Waals surface area contributed by atoms with Gasteiger partial charge in [0, 0.05) is 7.05 Å². The second-order valence-electron chi connectivity index (χ2n) is 4.46. The molecule has 0 aliphatic carbocycles. The molecule has 0 bridgehead atoms. The summed E-state index contributed by atoms with van der Waals surface area (Å²) in [7, 11) is -1.30. The maximum absolute atomic E-state index is 12.0. The van der Waals surface area contributed by atoms with E-state index in [2.05, 4.69) is 4.98 Å². The van der Waals surface area contributed by atoms with Crippen LogP contribution in [-0.4, -0.2) is 23.2 Å². The molecule has 5 heteroatoms. The van der Waals surface area contributed by atoms with Gasteiger partial charge >= 0.3 is 0 Å². The number of hydrogen-bond acceptors (Lipinski definition) is 3. The molecule has 0 N–H and O–H groups in total. The lowest BCUT2D eigenvalue weighted by atomic mass is 10.3. The van der Waals surface area contributed by atoms with E-state index in [4.69, 9.17) is 0 Å². The fourth-order valence-electron chi connectivity index (χ4n) is 1.75. The number of sulfone groups is 1. The molecule has 0 fully saturated rings. The van der Waals surface area contributed by atoms with Gasteiger partial charge in [-0.05, 0) is 39.0 Å². The molecule has 0 amide bonds. The number of nitrogens with zero attached hydrogens (tertiary/aromatic N) is 2. The SMILES string of the molecule is Cc1nc2cc(S(=O)(=O)C(C)C)ccc2n1C. The molecule has 0 spiro atoms. The monoisotopic (exact) mass is 252 g/mol. The van der Waals surface area contributed by atoms with Crippen LogP contribution in [0.5, 0.6) is 0 Å². The molecule has 1 aromatic heterocycles. The molecule has 4 nitrogen and oxygen atoms in total. The van der Waals surface area contributed by atoms with E-state index in [1.165, 1.54) is 0 Å². The van der Waals surface area contributed by atoms with Crippen LogP contribution in [-0.2, 0) is 16.9 Å². The van der Waals surface area contributed by atoms with Crippen molar-refractivity contribution in [2.45, 2.75) is 30.9 Å². The summed E-state index contributed by atoms with van der Waals surface area (Å²) in [5.74, 6) is 0.874. The molecule has 0 aliphatic heterocycles. The molecular formula is C12H16N2O2S. The zero-order chi connectivity index (χ0) is 12.8. The Labute approximate surface area is 101 Å². The number of benzene rings is 1. The van der Waals surface area contributed by atoms with Crippen LogP contribution in [0.1, 0.15) is 19.7 Å². The summed E-state index contributed by atoms with van der Waals surface area (Å²) in [4.78, 5) is 4.69. The minimum absolute atomic E-state index is 0.345. The quantitative estimate of drug-likeness (QED) is 0.822. The minimum atomic E-state index is -3.22. The van der Waals surface area contributed by atoms with E-state index < -0.39 is 15.1 Å². The van der Waals surface area contributed by atoms with Crippen LogP contribution in [0.2, 0.25) is 0 Å². The number of hydrogen-bond donors (Lipinski definition) is 0. The van der Waals surface area contributed by atoms with Gasteiger partial charge in [0.2, 0.25) is 0 Å². The fraction of sp³-hybridized carbons (Fsp3) is 0.417. The van der Waals surface area contributed by atoms with Gasteiger partial charge in [0.15, 0.2) is 9.84 Å². The minimum Gasteiger partial charge on any atom is -0.331 e. The van der Waals surface area contributed by atoms with Crippen molar-refractivity contribution in [1.29, 1.82) is 0 Å². The third-order valence-corrected chi connectivity index (χ3v) is 5.18. The van der Waals surface area contributed by atoms with Crippen LogP contribution < -0.4 is 0 Å². The highest BCUT2D eigenvalue weighted by Gasteiger charge is 2.20. The second kappa shape index (κ2) is 3.84. The predicted octanol–water partition coefficient (Wildman–Crippen LogP) is 2.06. The van der Waals surface area contributed by atoms with Gasteiger partial charge in [-0.15, -0.1) is 0 Å². The first kappa shape index (κ1) is 12.1. The summed E-state index contributed by atoms with van der Waals surface area (Å²) in [5, 5.41) is -0.412. The number of rotatable bonds is 2. The van der Waals surface area contributed by atoms with Gasteiger partial charge in [-0.2, -0.15) is 0 Å². The maximum Gasteiger partial charge on any atom is 0.180 e. The van der Waals surface area contributed by atoms with Crippen molar-refractivity contribution in [2.75, 3.05) is 0 Å². The molecule has 2 rings (SSSR count). The topological polar surface area (TPSA) is 52.0 Å². The highest BCUT2D eigenvalue weighted by atomic mass is 32.2. The predicted molar refractivity (Wildman–Crippen MR) is 67.8 cm³/mol. The van der Waals surface area contributed by atoms with Gasteiger partial charge in [0.25, 0.3) is 0 Å². The molecule has 0 radical (unpaired) electrons. The fourth-order valence-corrected chi connectivity index (χ4v) is 2.83. The van der Waals surface area contributed by atoms with Crippen LogP contribution in [0.25, 0.3) is 11.0 Å². The van der Waals surface area contributed by atoms with Gasteiger partial charge in [-0.25, -0.2) is 13.4 Å². The number of imidazole rings is 1. The Morgan fingerprint density at radius 3 is 2.53 bits per heavy atom. The molecular weight excluding hydrogens is 236 g/mol. The Bertz CT molecular complexity index is 669. The molecule has 0 saturated carbocycles. The Balaban J connectivity index is 2.68. The number of aromatic nitrogens is 2. The van der Waals surface area contributed by atoms with E-state index in [0.717, 1.165) is 16.9 Å². The van der Waals surface area contributed by atoms with Crippen LogP contribution in [0.4, 0.5) is 0 Å². The van der Waals surface area contributed by atoms with E-state index >= 15 is 0 Å². The average Bonchev–Trinajstić information content (AvgIpc) is 2.54. The Hall–Kier alpha value is -1.36. The van der Waals surface area contributed by atoms with Crippen molar-refractivity contribution in [3.05, 3.63) is 24.0 Å². The Morgan fingerprint density at radius 1 is 1.29 bits per heavy atom. The van der Waals surface area contributed by atoms with Crippen molar-refractivity contribution in [3.63, 3.8) is 0 Å². The first-order valence-electron chi connectivity index (χ1n) is 5.51. The summed E-state index contributed by atoms with van der Waals surface area (Å²) in [5.41, 5.74) is 1.68. The van der Waals surface area contributed by atoms with Gasteiger partial charge in [-0.1, -0.05) is 0 Å². The zero-order valence-corrected chi connectivity index (χ0v) is 11.2. The van der Waals surface area contributed by atoms with Gasteiger partial charge in [-0.3, -0.25) is 0 Å². The average molecular weight is 252 g/mol. The molecule has 0 saturated heterocycles. The number of aryl methyl sites for hydroxylation is 2. The van der Waals surface area contributed by atoms with E-state index in [1.54, 1.807) is 26.0 Å². The molecule has 92 valence electrons. The third-order valence-electron chi connectivity index (χ3n) is 3.03. The molecule has 17 heavy (non-hydrogen) atoms. The summed E-state index contributed by atoms with van der Waals surface area (Å²) >= 11 is 0. The van der Waals surface area contributed by atoms with Crippen molar-refractivity contribution in [1.82, 2.24) is 9.55 Å². The van der Waals surface area contributed by atoms with Crippen molar-refractivity contribution in [3.8, 4) is 0 Å². The normalized spacial score (nSPS) is 12.5. The molecule has 1 aromatic carbocycles. The van der Waals surface area contributed by atoms with E-state index in [0.29, 0.717) is 4.90 Å².